The van der Waals surface area contributed by atoms with E-state index in [-0.39, 0.29) is 0 Å². The van der Waals surface area contributed by atoms with Crippen LogP contribution < -0.4 is 5.73 Å². The normalized spacial score (nSPS) is 13.0. The Bertz CT molecular complexity index is 273. The number of rotatable bonds is 5. The number of nitrogens with zero attached hydrogens (tertiary/aromatic N) is 1. The summed E-state index contributed by atoms with van der Waals surface area (Å²) in [6.45, 7) is 5.59. The zero-order valence-corrected chi connectivity index (χ0v) is 10.9. The number of ether oxygens (including phenoxy) is 1. The molecule has 0 rings (SSSR count). The van der Waals surface area contributed by atoms with Crippen LogP contribution in [0, 0.1) is 0 Å². The van der Waals surface area contributed by atoms with Gasteiger partial charge in [0, 0.05) is 7.05 Å². The SMILES string of the molecule is CN(C(=O)OC(C)(C)C)[C@H](CCCN)C(=O)O. The van der Waals surface area contributed by atoms with E-state index in [1.165, 1.54) is 7.05 Å². The standard InChI is InChI=1S/C11H22N2O4/c1-11(2,3)17-10(16)13(4)8(9(14)15)6-5-7-12/h8H,5-7,12H2,1-4H3,(H,14,15)/t8-/m1/s1. The topological polar surface area (TPSA) is 92.9 Å². The number of carbonyl (C=O) groups is 2. The number of carbonyl (C=O) groups excluding carboxylic acids is 1. The summed E-state index contributed by atoms with van der Waals surface area (Å²) in [5.74, 6) is -1.05. The van der Waals surface area contributed by atoms with E-state index in [0.717, 1.165) is 4.90 Å². The van der Waals surface area contributed by atoms with Gasteiger partial charge >= 0.3 is 12.1 Å². The number of likely N-dealkylation sites (N-methyl/N-ethyl adjacent to an activating group) is 1. The predicted molar refractivity (Wildman–Crippen MR) is 63.7 cm³/mol. The van der Waals surface area contributed by atoms with Crippen LogP contribution in [-0.4, -0.2) is 47.3 Å². The van der Waals surface area contributed by atoms with Crippen molar-refractivity contribution in [3.05, 3.63) is 0 Å². The Hall–Kier alpha value is -1.30. The van der Waals surface area contributed by atoms with Gasteiger partial charge in [-0.3, -0.25) is 4.90 Å². The molecule has 0 saturated carbocycles. The molecule has 0 spiro atoms. The highest BCUT2D eigenvalue weighted by Crippen LogP contribution is 2.13. The molecule has 0 bridgehead atoms. The Balaban J connectivity index is 4.55. The lowest BCUT2D eigenvalue weighted by molar-refractivity contribution is -0.142. The Labute approximate surface area is 102 Å². The van der Waals surface area contributed by atoms with Crippen LogP contribution in [0.5, 0.6) is 0 Å². The van der Waals surface area contributed by atoms with Gasteiger partial charge in [-0.15, -0.1) is 0 Å². The van der Waals surface area contributed by atoms with Gasteiger partial charge in [0.1, 0.15) is 11.6 Å². The van der Waals surface area contributed by atoms with Crippen LogP contribution in [0.15, 0.2) is 0 Å². The zero-order valence-electron chi connectivity index (χ0n) is 10.9. The monoisotopic (exact) mass is 246 g/mol. The minimum absolute atomic E-state index is 0.321. The molecule has 0 radical (unpaired) electrons. The maximum atomic E-state index is 11.7. The number of carboxylic acid groups (broad SMARTS) is 1. The number of carboxylic acids is 1. The van der Waals surface area contributed by atoms with Crippen molar-refractivity contribution in [2.75, 3.05) is 13.6 Å². The van der Waals surface area contributed by atoms with E-state index in [2.05, 4.69) is 0 Å². The Morgan fingerprint density at radius 2 is 1.94 bits per heavy atom. The van der Waals surface area contributed by atoms with Gasteiger partial charge in [0.25, 0.3) is 0 Å². The summed E-state index contributed by atoms with van der Waals surface area (Å²) in [6, 6.07) is -0.895. The van der Waals surface area contributed by atoms with E-state index in [4.69, 9.17) is 15.6 Å². The smallest absolute Gasteiger partial charge is 0.410 e. The molecule has 0 aliphatic carbocycles. The molecule has 0 aromatic rings. The lowest BCUT2D eigenvalue weighted by atomic mass is 10.1. The summed E-state index contributed by atoms with van der Waals surface area (Å²) in [5, 5.41) is 9.03. The number of hydrogen-bond donors (Lipinski definition) is 2. The Morgan fingerprint density at radius 3 is 2.29 bits per heavy atom. The van der Waals surface area contributed by atoms with Crippen LogP contribution in [0.1, 0.15) is 33.6 Å². The lowest BCUT2D eigenvalue weighted by Gasteiger charge is -2.28. The number of hydrogen-bond acceptors (Lipinski definition) is 4. The third-order valence-corrected chi connectivity index (χ3v) is 2.12. The predicted octanol–water partition coefficient (Wildman–Crippen LogP) is 1.05. The summed E-state index contributed by atoms with van der Waals surface area (Å²) in [7, 11) is 1.42. The summed E-state index contributed by atoms with van der Waals surface area (Å²) in [6.07, 6.45) is 0.230. The summed E-state index contributed by atoms with van der Waals surface area (Å²) in [5.41, 5.74) is 4.69. The van der Waals surface area contributed by atoms with Gasteiger partial charge in [-0.25, -0.2) is 9.59 Å². The second-order valence-corrected chi connectivity index (χ2v) is 4.88. The molecular weight excluding hydrogens is 224 g/mol. The molecule has 0 aliphatic rings. The van der Waals surface area contributed by atoms with Crippen LogP contribution in [0.4, 0.5) is 4.79 Å². The molecule has 0 unspecified atom stereocenters. The highest BCUT2D eigenvalue weighted by Gasteiger charge is 2.29. The Kier molecular flexibility index (Phi) is 5.95. The van der Waals surface area contributed by atoms with Crippen LogP contribution in [0.3, 0.4) is 0 Å². The van der Waals surface area contributed by atoms with Crippen molar-refractivity contribution >= 4 is 12.1 Å². The first-order valence-corrected chi connectivity index (χ1v) is 5.57. The second kappa shape index (κ2) is 6.44. The minimum atomic E-state index is -1.05. The third kappa shape index (κ3) is 6.11. The molecule has 17 heavy (non-hydrogen) atoms. The quantitative estimate of drug-likeness (QED) is 0.756. The van der Waals surface area contributed by atoms with Crippen molar-refractivity contribution in [1.29, 1.82) is 0 Å². The second-order valence-electron chi connectivity index (χ2n) is 4.88. The van der Waals surface area contributed by atoms with E-state index in [1.54, 1.807) is 20.8 Å². The van der Waals surface area contributed by atoms with Crippen LogP contribution in [0.2, 0.25) is 0 Å². The van der Waals surface area contributed by atoms with Gasteiger partial charge in [-0.1, -0.05) is 0 Å². The molecular formula is C11H22N2O4. The van der Waals surface area contributed by atoms with E-state index < -0.39 is 23.7 Å². The van der Waals surface area contributed by atoms with Gasteiger partial charge in [0.15, 0.2) is 0 Å². The number of aliphatic carboxylic acids is 1. The molecule has 6 heteroatoms. The third-order valence-electron chi connectivity index (χ3n) is 2.12. The van der Waals surface area contributed by atoms with Gasteiger partial charge in [0.2, 0.25) is 0 Å². The van der Waals surface area contributed by atoms with Crippen molar-refractivity contribution in [3.63, 3.8) is 0 Å². The van der Waals surface area contributed by atoms with Crippen molar-refractivity contribution < 1.29 is 19.4 Å². The fourth-order valence-corrected chi connectivity index (χ4v) is 1.26. The molecule has 1 amide bonds. The molecule has 0 aliphatic heterocycles. The molecule has 1 atom stereocenters. The molecule has 0 heterocycles. The number of amides is 1. The molecule has 6 nitrogen and oxygen atoms in total. The van der Waals surface area contributed by atoms with Crippen LogP contribution in [-0.2, 0) is 9.53 Å². The Morgan fingerprint density at radius 1 is 1.41 bits per heavy atom. The highest BCUT2D eigenvalue weighted by molar-refractivity contribution is 5.79. The molecule has 100 valence electrons. The minimum Gasteiger partial charge on any atom is -0.480 e. The largest absolute Gasteiger partial charge is 0.480 e. The average molecular weight is 246 g/mol. The van der Waals surface area contributed by atoms with Crippen molar-refractivity contribution in [2.45, 2.75) is 45.3 Å². The first-order valence-electron chi connectivity index (χ1n) is 5.57. The average Bonchev–Trinajstić information content (AvgIpc) is 2.14. The van der Waals surface area contributed by atoms with Gasteiger partial charge in [0.05, 0.1) is 0 Å². The van der Waals surface area contributed by atoms with Gasteiger partial charge < -0.3 is 15.6 Å². The molecule has 0 aromatic carbocycles. The van der Waals surface area contributed by atoms with E-state index in [0.29, 0.717) is 19.4 Å². The van der Waals surface area contributed by atoms with Crippen molar-refractivity contribution in [1.82, 2.24) is 4.90 Å². The zero-order chi connectivity index (χ0) is 13.6. The maximum absolute atomic E-state index is 11.7. The highest BCUT2D eigenvalue weighted by atomic mass is 16.6. The maximum Gasteiger partial charge on any atom is 0.410 e. The van der Waals surface area contributed by atoms with Crippen molar-refractivity contribution in [3.8, 4) is 0 Å². The summed E-state index contributed by atoms with van der Waals surface area (Å²) >= 11 is 0. The van der Waals surface area contributed by atoms with Crippen LogP contribution in [0.25, 0.3) is 0 Å². The lowest BCUT2D eigenvalue weighted by Crippen LogP contribution is -2.45. The first-order chi connectivity index (χ1) is 7.69. The summed E-state index contributed by atoms with van der Waals surface area (Å²) in [4.78, 5) is 23.8. The fraction of sp³-hybridized carbons (Fsp3) is 0.818. The first kappa shape index (κ1) is 15.7. The van der Waals surface area contributed by atoms with Gasteiger partial charge in [-0.05, 0) is 40.2 Å². The molecule has 0 aromatic heterocycles. The molecule has 3 N–H and O–H groups in total. The van der Waals surface area contributed by atoms with E-state index >= 15 is 0 Å². The van der Waals surface area contributed by atoms with E-state index in [1.807, 2.05) is 0 Å². The van der Waals surface area contributed by atoms with Gasteiger partial charge in [-0.2, -0.15) is 0 Å². The van der Waals surface area contributed by atoms with Crippen molar-refractivity contribution in [2.24, 2.45) is 5.73 Å². The fourth-order valence-electron chi connectivity index (χ4n) is 1.26. The number of nitrogens with two attached hydrogens (primary N) is 1. The molecule has 0 fully saturated rings. The summed E-state index contributed by atoms with van der Waals surface area (Å²) < 4.78 is 5.10. The van der Waals surface area contributed by atoms with E-state index in [9.17, 15) is 9.59 Å². The molecule has 0 saturated heterocycles. The van der Waals surface area contributed by atoms with Crippen LogP contribution >= 0.6 is 0 Å².